The number of fused-ring (bicyclic) bond motifs is 1. The van der Waals surface area contributed by atoms with E-state index in [-0.39, 0.29) is 5.91 Å². The third kappa shape index (κ3) is 3.45. The van der Waals surface area contributed by atoms with Gasteiger partial charge < -0.3 is 9.30 Å². The van der Waals surface area contributed by atoms with Gasteiger partial charge in [-0.3, -0.25) is 4.79 Å². The van der Waals surface area contributed by atoms with Gasteiger partial charge in [-0.2, -0.15) is 4.99 Å². The van der Waals surface area contributed by atoms with Crippen LogP contribution in [0.5, 0.6) is 0 Å². The number of benzene rings is 2. The number of aryl methyl sites for hydroxylation is 1. The van der Waals surface area contributed by atoms with Crippen LogP contribution in [0.1, 0.15) is 15.9 Å². The predicted molar refractivity (Wildman–Crippen MR) is 105 cm³/mol. The van der Waals surface area contributed by atoms with Crippen LogP contribution in [0.4, 0.5) is 0 Å². The lowest BCUT2D eigenvalue weighted by atomic mass is 10.2. The van der Waals surface area contributed by atoms with Crippen molar-refractivity contribution in [3.8, 4) is 0 Å². The molecule has 6 heteroatoms. The van der Waals surface area contributed by atoms with E-state index in [1.165, 1.54) is 16.9 Å². The summed E-state index contributed by atoms with van der Waals surface area (Å²) in [5.41, 5.74) is 2.92. The van der Waals surface area contributed by atoms with Crippen molar-refractivity contribution in [3.05, 3.63) is 62.0 Å². The molecule has 0 N–H and O–H groups in total. The van der Waals surface area contributed by atoms with Crippen LogP contribution in [0.3, 0.4) is 0 Å². The van der Waals surface area contributed by atoms with Gasteiger partial charge in [-0.15, -0.1) is 0 Å². The number of aromatic nitrogens is 1. The largest absolute Gasteiger partial charge is 0.383 e. The fourth-order valence-corrected chi connectivity index (χ4v) is 4.31. The molecule has 0 spiro atoms. The number of rotatable bonds is 4. The summed E-state index contributed by atoms with van der Waals surface area (Å²) in [6, 6.07) is 13.7. The van der Waals surface area contributed by atoms with E-state index < -0.39 is 0 Å². The summed E-state index contributed by atoms with van der Waals surface area (Å²) in [7, 11) is 1.68. The highest BCUT2D eigenvalue weighted by molar-refractivity contribution is 14.1. The number of hydrogen-bond acceptors (Lipinski definition) is 3. The molecule has 0 saturated heterocycles. The van der Waals surface area contributed by atoms with Crippen LogP contribution in [0.2, 0.25) is 0 Å². The summed E-state index contributed by atoms with van der Waals surface area (Å²) >= 11 is 3.70. The summed E-state index contributed by atoms with van der Waals surface area (Å²) in [4.78, 5) is 17.7. The van der Waals surface area contributed by atoms with Gasteiger partial charge in [0, 0.05) is 17.2 Å². The second kappa shape index (κ2) is 7.58. The minimum absolute atomic E-state index is 0.213. The first-order valence-electron chi connectivity index (χ1n) is 7.53. The van der Waals surface area contributed by atoms with E-state index in [1.807, 2.05) is 30.3 Å². The fraction of sp³-hybridized carbons (Fsp3) is 0.222. The lowest BCUT2D eigenvalue weighted by Crippen LogP contribution is -2.20. The smallest absolute Gasteiger partial charge is 0.280 e. The van der Waals surface area contributed by atoms with Gasteiger partial charge >= 0.3 is 0 Å². The molecule has 0 unspecified atom stereocenters. The Hall–Kier alpha value is -1.51. The van der Waals surface area contributed by atoms with Gasteiger partial charge in [-0.05, 0) is 53.3 Å². The molecule has 0 aliphatic rings. The number of thiazole rings is 1. The number of carbonyl (C=O) groups excluding carboxylic acids is 1. The first-order valence-corrected chi connectivity index (χ1v) is 9.43. The van der Waals surface area contributed by atoms with E-state index in [0.29, 0.717) is 23.5 Å². The highest BCUT2D eigenvalue weighted by atomic mass is 127. The Labute approximate surface area is 157 Å². The molecule has 0 radical (unpaired) electrons. The molecule has 0 saturated carbocycles. The lowest BCUT2D eigenvalue weighted by molar-refractivity contribution is 0.0996. The fourth-order valence-electron chi connectivity index (χ4n) is 2.56. The van der Waals surface area contributed by atoms with E-state index in [0.717, 1.165) is 13.8 Å². The quantitative estimate of drug-likeness (QED) is 0.562. The molecule has 124 valence electrons. The number of carbonyl (C=O) groups is 1. The maximum absolute atomic E-state index is 12.6. The minimum atomic E-state index is -0.213. The van der Waals surface area contributed by atoms with Crippen LogP contribution < -0.4 is 4.80 Å². The first-order chi connectivity index (χ1) is 11.6. The molecule has 1 heterocycles. The van der Waals surface area contributed by atoms with Crippen LogP contribution in [0, 0.1) is 10.5 Å². The van der Waals surface area contributed by atoms with Gasteiger partial charge in [0.15, 0.2) is 4.80 Å². The highest BCUT2D eigenvalue weighted by Gasteiger charge is 2.12. The van der Waals surface area contributed by atoms with E-state index in [1.54, 1.807) is 7.11 Å². The van der Waals surface area contributed by atoms with Gasteiger partial charge in [-0.25, -0.2) is 0 Å². The molecule has 0 atom stereocenters. The molecule has 24 heavy (non-hydrogen) atoms. The van der Waals surface area contributed by atoms with Gasteiger partial charge in [-0.1, -0.05) is 35.6 Å². The second-order valence-electron chi connectivity index (χ2n) is 5.35. The molecule has 1 amide bonds. The summed E-state index contributed by atoms with van der Waals surface area (Å²) in [5, 5.41) is 0. The third-order valence-corrected chi connectivity index (χ3v) is 5.71. The maximum atomic E-state index is 12.6. The Morgan fingerprint density at radius 1 is 1.25 bits per heavy atom. The SMILES string of the molecule is COCCn1c(=NC(=O)c2ccccc2I)sc2cccc(C)c21. The number of nitrogens with zero attached hydrogens (tertiary/aromatic N) is 2. The van der Waals surface area contributed by atoms with Crippen molar-refractivity contribution in [3.63, 3.8) is 0 Å². The maximum Gasteiger partial charge on any atom is 0.280 e. The molecule has 0 fully saturated rings. The number of para-hydroxylation sites is 1. The van der Waals surface area contributed by atoms with E-state index in [2.05, 4.69) is 51.2 Å². The van der Waals surface area contributed by atoms with Crippen molar-refractivity contribution in [2.24, 2.45) is 4.99 Å². The molecule has 0 aliphatic heterocycles. The molecule has 0 bridgehead atoms. The molecule has 3 rings (SSSR count). The molecular weight excluding hydrogens is 435 g/mol. The van der Waals surface area contributed by atoms with E-state index in [4.69, 9.17) is 4.74 Å². The standard InChI is InChI=1S/C18H17IN2O2S/c1-12-6-5-9-15-16(12)21(10-11-23-2)18(24-15)20-17(22)13-7-3-4-8-14(13)19/h3-9H,10-11H2,1-2H3. The topological polar surface area (TPSA) is 43.6 Å². The van der Waals surface area contributed by atoms with Crippen molar-refractivity contribution in [2.75, 3.05) is 13.7 Å². The number of ether oxygens (including phenoxy) is 1. The van der Waals surface area contributed by atoms with Crippen molar-refractivity contribution in [1.29, 1.82) is 0 Å². The van der Waals surface area contributed by atoms with Crippen LogP contribution >= 0.6 is 33.9 Å². The zero-order valence-electron chi connectivity index (χ0n) is 13.5. The van der Waals surface area contributed by atoms with Crippen LogP contribution in [0.15, 0.2) is 47.5 Å². The Morgan fingerprint density at radius 3 is 2.79 bits per heavy atom. The third-order valence-electron chi connectivity index (χ3n) is 3.72. The normalized spacial score (nSPS) is 12.0. The monoisotopic (exact) mass is 452 g/mol. The number of hydrogen-bond donors (Lipinski definition) is 0. The summed E-state index contributed by atoms with van der Waals surface area (Å²) < 4.78 is 9.33. The van der Waals surface area contributed by atoms with E-state index in [9.17, 15) is 4.79 Å². The van der Waals surface area contributed by atoms with Crippen LogP contribution in [-0.4, -0.2) is 24.2 Å². The molecule has 4 nitrogen and oxygen atoms in total. The van der Waals surface area contributed by atoms with Crippen LogP contribution in [-0.2, 0) is 11.3 Å². The van der Waals surface area contributed by atoms with Gasteiger partial charge in [0.05, 0.1) is 22.4 Å². The molecule has 1 aromatic heterocycles. The highest BCUT2D eigenvalue weighted by Crippen LogP contribution is 2.21. The average molecular weight is 452 g/mol. The second-order valence-corrected chi connectivity index (χ2v) is 7.52. The molecule has 2 aromatic carbocycles. The van der Waals surface area contributed by atoms with Crippen LogP contribution in [0.25, 0.3) is 10.2 Å². The predicted octanol–water partition coefficient (Wildman–Crippen LogP) is 4.00. The minimum Gasteiger partial charge on any atom is -0.383 e. The van der Waals surface area contributed by atoms with Gasteiger partial charge in [0.25, 0.3) is 5.91 Å². The molecule has 3 aromatic rings. The molecular formula is C18H17IN2O2S. The van der Waals surface area contributed by atoms with Crippen molar-refractivity contribution >= 4 is 50.1 Å². The Balaban J connectivity index is 2.16. The zero-order valence-corrected chi connectivity index (χ0v) is 16.4. The van der Waals surface area contributed by atoms with Crippen molar-refractivity contribution in [2.45, 2.75) is 13.5 Å². The lowest BCUT2D eigenvalue weighted by Gasteiger charge is -2.06. The Kier molecular flexibility index (Phi) is 5.47. The van der Waals surface area contributed by atoms with Crippen molar-refractivity contribution in [1.82, 2.24) is 4.57 Å². The summed E-state index contributed by atoms with van der Waals surface area (Å²) in [6.45, 7) is 3.31. The van der Waals surface area contributed by atoms with Gasteiger partial charge in [0.1, 0.15) is 0 Å². The Bertz CT molecular complexity index is 959. The first kappa shape index (κ1) is 17.3. The molecule has 0 aliphatic carbocycles. The number of amides is 1. The van der Waals surface area contributed by atoms with E-state index >= 15 is 0 Å². The number of halogens is 1. The summed E-state index contributed by atoms with van der Waals surface area (Å²) in [5.74, 6) is -0.213. The number of methoxy groups -OCH3 is 1. The zero-order chi connectivity index (χ0) is 17.1. The Morgan fingerprint density at radius 2 is 2.04 bits per heavy atom. The average Bonchev–Trinajstić information content (AvgIpc) is 2.91. The van der Waals surface area contributed by atoms with Crippen molar-refractivity contribution < 1.29 is 9.53 Å². The van der Waals surface area contributed by atoms with Gasteiger partial charge in [0.2, 0.25) is 0 Å². The summed E-state index contributed by atoms with van der Waals surface area (Å²) in [6.07, 6.45) is 0.